The van der Waals surface area contributed by atoms with Crippen LogP contribution in [0.25, 0.3) is 10.9 Å². The summed E-state index contributed by atoms with van der Waals surface area (Å²) in [5, 5.41) is 6.35. The third-order valence-electron chi connectivity index (χ3n) is 3.99. The summed E-state index contributed by atoms with van der Waals surface area (Å²) in [6.45, 7) is 1.81. The lowest BCUT2D eigenvalue weighted by Gasteiger charge is -2.16. The van der Waals surface area contributed by atoms with Gasteiger partial charge in [-0.05, 0) is 30.7 Å². The summed E-state index contributed by atoms with van der Waals surface area (Å²) >= 11 is 0. The Hall–Kier alpha value is -2.89. The molecule has 0 aliphatic rings. The van der Waals surface area contributed by atoms with Crippen molar-refractivity contribution in [2.24, 2.45) is 0 Å². The molecule has 3 rings (SSSR count). The molecule has 0 bridgehead atoms. The summed E-state index contributed by atoms with van der Waals surface area (Å²) in [4.78, 5) is 28.2. The maximum atomic E-state index is 12.1. The van der Waals surface area contributed by atoms with E-state index < -0.39 is 0 Å². The van der Waals surface area contributed by atoms with Crippen molar-refractivity contribution >= 4 is 16.9 Å². The van der Waals surface area contributed by atoms with Gasteiger partial charge in [0.05, 0.1) is 19.0 Å². The molecule has 6 heteroatoms. The molecule has 6 nitrogen and oxygen atoms in total. The van der Waals surface area contributed by atoms with Crippen LogP contribution in [0.5, 0.6) is 0 Å². The van der Waals surface area contributed by atoms with E-state index in [1.165, 1.54) is 7.11 Å². The zero-order valence-corrected chi connectivity index (χ0v) is 12.9. The average Bonchev–Trinajstić information content (AvgIpc) is 2.90. The second kappa shape index (κ2) is 6.08. The number of benzene rings is 1. The second-order valence-electron chi connectivity index (χ2n) is 5.41. The van der Waals surface area contributed by atoms with Crippen LogP contribution in [0.3, 0.4) is 0 Å². The number of fused-ring (bicyclic) bond motifs is 1. The summed E-state index contributed by atoms with van der Waals surface area (Å²) in [5.41, 5.74) is 2.80. The monoisotopic (exact) mass is 311 g/mol. The van der Waals surface area contributed by atoms with Crippen LogP contribution < -0.4 is 5.56 Å². The lowest BCUT2D eigenvalue weighted by molar-refractivity contribution is -0.140. The molecule has 118 valence electrons. The minimum atomic E-state index is -0.373. The summed E-state index contributed by atoms with van der Waals surface area (Å²) in [6, 6.07) is 9.56. The SMILES string of the molecule is COC(=O)CC(c1ccc2ncccc2c1)c1c(C)[nH][nH]c1=O. The van der Waals surface area contributed by atoms with E-state index in [1.54, 1.807) is 13.1 Å². The molecule has 1 atom stereocenters. The van der Waals surface area contributed by atoms with Gasteiger partial charge in [-0.15, -0.1) is 0 Å². The molecule has 1 unspecified atom stereocenters. The second-order valence-corrected chi connectivity index (χ2v) is 5.41. The summed E-state index contributed by atoms with van der Waals surface area (Å²) in [7, 11) is 1.35. The number of rotatable bonds is 4. The first-order valence-corrected chi connectivity index (χ1v) is 7.28. The summed E-state index contributed by atoms with van der Waals surface area (Å²) in [5.74, 6) is -0.733. The fourth-order valence-electron chi connectivity index (χ4n) is 2.82. The van der Waals surface area contributed by atoms with E-state index in [0.717, 1.165) is 22.2 Å². The number of carbonyl (C=O) groups is 1. The van der Waals surface area contributed by atoms with Gasteiger partial charge in [0.2, 0.25) is 0 Å². The van der Waals surface area contributed by atoms with Crippen LogP contribution in [-0.4, -0.2) is 28.3 Å². The van der Waals surface area contributed by atoms with Gasteiger partial charge >= 0.3 is 5.97 Å². The van der Waals surface area contributed by atoms with Crippen molar-refractivity contribution in [2.75, 3.05) is 7.11 Å². The van der Waals surface area contributed by atoms with Gasteiger partial charge in [-0.25, -0.2) is 0 Å². The van der Waals surface area contributed by atoms with Gasteiger partial charge in [0.1, 0.15) is 0 Å². The minimum absolute atomic E-state index is 0.101. The number of aromatic amines is 2. The Morgan fingerprint density at radius 2 is 2.13 bits per heavy atom. The highest BCUT2D eigenvalue weighted by Gasteiger charge is 2.24. The van der Waals surface area contributed by atoms with Crippen LogP contribution in [0, 0.1) is 6.92 Å². The number of methoxy groups -OCH3 is 1. The predicted molar refractivity (Wildman–Crippen MR) is 86.4 cm³/mol. The van der Waals surface area contributed by atoms with Crippen molar-refractivity contribution in [3.63, 3.8) is 0 Å². The van der Waals surface area contributed by atoms with Crippen molar-refractivity contribution in [2.45, 2.75) is 19.3 Å². The van der Waals surface area contributed by atoms with Gasteiger partial charge in [0.25, 0.3) is 5.56 Å². The fourth-order valence-corrected chi connectivity index (χ4v) is 2.82. The van der Waals surface area contributed by atoms with E-state index in [1.807, 2.05) is 30.3 Å². The van der Waals surface area contributed by atoms with Gasteiger partial charge in [-0.3, -0.25) is 19.7 Å². The van der Waals surface area contributed by atoms with Crippen LogP contribution in [-0.2, 0) is 9.53 Å². The highest BCUT2D eigenvalue weighted by atomic mass is 16.5. The Bertz CT molecular complexity index is 911. The van der Waals surface area contributed by atoms with E-state index in [9.17, 15) is 9.59 Å². The molecule has 0 aliphatic carbocycles. The number of aromatic nitrogens is 3. The molecule has 2 heterocycles. The largest absolute Gasteiger partial charge is 0.469 e. The summed E-state index contributed by atoms with van der Waals surface area (Å²) < 4.78 is 4.79. The van der Waals surface area contributed by atoms with Crippen molar-refractivity contribution in [3.8, 4) is 0 Å². The maximum Gasteiger partial charge on any atom is 0.306 e. The van der Waals surface area contributed by atoms with E-state index in [-0.39, 0.29) is 23.9 Å². The van der Waals surface area contributed by atoms with Crippen LogP contribution in [0.1, 0.15) is 29.2 Å². The molecule has 0 fully saturated rings. The van der Waals surface area contributed by atoms with E-state index in [4.69, 9.17) is 4.74 Å². The average molecular weight is 311 g/mol. The van der Waals surface area contributed by atoms with Gasteiger partial charge in [-0.1, -0.05) is 12.1 Å². The molecule has 23 heavy (non-hydrogen) atoms. The van der Waals surface area contributed by atoms with Crippen LogP contribution >= 0.6 is 0 Å². The fraction of sp³-hybridized carbons (Fsp3) is 0.235. The number of carbonyl (C=O) groups excluding carboxylic acids is 1. The third-order valence-corrected chi connectivity index (χ3v) is 3.99. The van der Waals surface area contributed by atoms with Crippen molar-refractivity contribution in [1.82, 2.24) is 15.2 Å². The predicted octanol–water partition coefficient (Wildman–Crippen LogP) is 2.25. The van der Waals surface area contributed by atoms with Gasteiger partial charge in [0.15, 0.2) is 0 Å². The lowest BCUT2D eigenvalue weighted by atomic mass is 9.88. The van der Waals surface area contributed by atoms with Crippen LogP contribution in [0.2, 0.25) is 0 Å². The quantitative estimate of drug-likeness (QED) is 0.723. The van der Waals surface area contributed by atoms with Gasteiger partial charge in [-0.2, -0.15) is 0 Å². The van der Waals surface area contributed by atoms with E-state index in [2.05, 4.69) is 15.2 Å². The van der Waals surface area contributed by atoms with Crippen molar-refractivity contribution in [3.05, 3.63) is 63.7 Å². The Kier molecular flexibility index (Phi) is 3.97. The Morgan fingerprint density at radius 1 is 1.30 bits per heavy atom. The van der Waals surface area contributed by atoms with Crippen LogP contribution in [0.15, 0.2) is 41.3 Å². The third kappa shape index (κ3) is 2.88. The number of hydrogen-bond donors (Lipinski definition) is 2. The Balaban J connectivity index is 2.13. The molecule has 2 N–H and O–H groups in total. The molecule has 0 radical (unpaired) electrons. The molecular formula is C17H17N3O3. The zero-order valence-electron chi connectivity index (χ0n) is 12.9. The standard InChI is InChI=1S/C17H17N3O3/c1-10-16(17(22)20-19-10)13(9-15(21)23-2)11-5-6-14-12(8-11)4-3-7-18-14/h3-8,13H,9H2,1-2H3,(H2,19,20,22). The number of nitrogens with one attached hydrogen (secondary N) is 2. The number of esters is 1. The molecule has 0 saturated heterocycles. The summed E-state index contributed by atoms with van der Waals surface area (Å²) in [6.07, 6.45) is 1.83. The minimum Gasteiger partial charge on any atom is -0.469 e. The number of hydrogen-bond acceptors (Lipinski definition) is 4. The normalized spacial score (nSPS) is 12.3. The maximum absolute atomic E-state index is 12.1. The first kappa shape index (κ1) is 15.0. The highest BCUT2D eigenvalue weighted by Crippen LogP contribution is 2.29. The van der Waals surface area contributed by atoms with E-state index in [0.29, 0.717) is 5.56 Å². The molecule has 2 aromatic heterocycles. The first-order chi connectivity index (χ1) is 11.1. The Morgan fingerprint density at radius 3 is 2.83 bits per heavy atom. The highest BCUT2D eigenvalue weighted by molar-refractivity contribution is 5.80. The van der Waals surface area contributed by atoms with Crippen molar-refractivity contribution in [1.29, 1.82) is 0 Å². The molecule has 1 aromatic carbocycles. The topological polar surface area (TPSA) is 87.8 Å². The molecule has 0 spiro atoms. The number of ether oxygens (including phenoxy) is 1. The van der Waals surface area contributed by atoms with Gasteiger partial charge < -0.3 is 9.84 Å². The van der Waals surface area contributed by atoms with E-state index >= 15 is 0 Å². The molecular weight excluding hydrogens is 294 g/mol. The molecule has 0 saturated carbocycles. The zero-order chi connectivity index (χ0) is 16.4. The molecule has 0 aliphatic heterocycles. The van der Waals surface area contributed by atoms with Gasteiger partial charge in [0, 0.05) is 28.8 Å². The number of nitrogens with zero attached hydrogens (tertiary/aromatic N) is 1. The molecule has 3 aromatic rings. The lowest BCUT2D eigenvalue weighted by Crippen LogP contribution is -2.17. The number of pyridine rings is 1. The smallest absolute Gasteiger partial charge is 0.306 e. The van der Waals surface area contributed by atoms with Crippen molar-refractivity contribution < 1.29 is 9.53 Å². The van der Waals surface area contributed by atoms with Crippen LogP contribution in [0.4, 0.5) is 0 Å². The first-order valence-electron chi connectivity index (χ1n) is 7.28. The Labute approximate surface area is 132 Å². The number of aryl methyl sites for hydroxylation is 1. The molecule has 0 amide bonds. The number of H-pyrrole nitrogens is 2.